The Bertz CT molecular complexity index is 314. The van der Waals surface area contributed by atoms with Crippen molar-refractivity contribution in [1.29, 1.82) is 0 Å². The third-order valence-corrected chi connectivity index (χ3v) is 3.47. The smallest absolute Gasteiger partial charge is 0.0755 e. The molecule has 2 rings (SSSR count). The Hall–Kier alpha value is -0.710. The highest BCUT2D eigenvalue weighted by molar-refractivity contribution is 5.85. The standard InChI is InChI=1S/C12H20N4.ClH/c1-10(12-9-14-6-7-15-12)16(2)11-4-3-5-13-8-11;/h6-7,9-11,13H,3-5,8H2,1-2H3;1H. The van der Waals surface area contributed by atoms with Gasteiger partial charge in [0.05, 0.1) is 11.7 Å². The van der Waals surface area contributed by atoms with Crippen LogP contribution < -0.4 is 5.32 Å². The van der Waals surface area contributed by atoms with E-state index in [2.05, 4.69) is 34.2 Å². The van der Waals surface area contributed by atoms with Crippen LogP contribution in [-0.4, -0.2) is 41.0 Å². The second kappa shape index (κ2) is 6.89. The van der Waals surface area contributed by atoms with E-state index in [0.29, 0.717) is 12.1 Å². The predicted molar refractivity (Wildman–Crippen MR) is 71.3 cm³/mol. The van der Waals surface area contributed by atoms with Crippen molar-refractivity contribution in [3.05, 3.63) is 24.3 Å². The number of likely N-dealkylation sites (N-methyl/N-ethyl adjacent to an activating group) is 1. The molecule has 0 saturated carbocycles. The van der Waals surface area contributed by atoms with Crippen LogP contribution in [0.15, 0.2) is 18.6 Å². The molecule has 0 bridgehead atoms. The number of rotatable bonds is 3. The van der Waals surface area contributed by atoms with Crippen LogP contribution in [0.3, 0.4) is 0 Å². The molecule has 0 amide bonds. The van der Waals surface area contributed by atoms with Crippen molar-refractivity contribution in [3.63, 3.8) is 0 Å². The molecule has 1 aromatic rings. The van der Waals surface area contributed by atoms with Crippen molar-refractivity contribution in [1.82, 2.24) is 20.2 Å². The number of nitrogens with zero attached hydrogens (tertiary/aromatic N) is 3. The van der Waals surface area contributed by atoms with Gasteiger partial charge in [0.1, 0.15) is 0 Å². The van der Waals surface area contributed by atoms with Crippen LogP contribution in [0.25, 0.3) is 0 Å². The SMILES string of the molecule is CC(c1cnccn1)N(C)C1CCCNC1.Cl. The molecule has 1 aliphatic heterocycles. The molecule has 1 N–H and O–H groups in total. The lowest BCUT2D eigenvalue weighted by atomic mass is 10.0. The third-order valence-electron chi connectivity index (χ3n) is 3.47. The Morgan fingerprint density at radius 2 is 2.29 bits per heavy atom. The molecule has 17 heavy (non-hydrogen) atoms. The van der Waals surface area contributed by atoms with E-state index < -0.39 is 0 Å². The molecule has 2 heterocycles. The van der Waals surface area contributed by atoms with Crippen LogP contribution in [-0.2, 0) is 0 Å². The van der Waals surface area contributed by atoms with E-state index in [4.69, 9.17) is 0 Å². The minimum absolute atomic E-state index is 0. The minimum atomic E-state index is 0. The molecular weight excluding hydrogens is 236 g/mol. The molecule has 1 fully saturated rings. The molecular formula is C12H21ClN4. The van der Waals surface area contributed by atoms with E-state index in [1.54, 1.807) is 12.4 Å². The highest BCUT2D eigenvalue weighted by Gasteiger charge is 2.23. The summed E-state index contributed by atoms with van der Waals surface area (Å²) in [6, 6.07) is 0.948. The molecule has 0 aromatic carbocycles. The number of aromatic nitrogens is 2. The van der Waals surface area contributed by atoms with Crippen LogP contribution >= 0.6 is 12.4 Å². The zero-order valence-electron chi connectivity index (χ0n) is 10.5. The number of piperidine rings is 1. The molecule has 1 aliphatic rings. The summed E-state index contributed by atoms with van der Waals surface area (Å²) in [5.41, 5.74) is 1.05. The summed E-state index contributed by atoms with van der Waals surface area (Å²) in [5, 5.41) is 3.44. The number of nitrogens with one attached hydrogen (secondary N) is 1. The Balaban J connectivity index is 0.00000144. The largest absolute Gasteiger partial charge is 0.315 e. The molecule has 5 heteroatoms. The zero-order chi connectivity index (χ0) is 11.4. The molecule has 4 nitrogen and oxygen atoms in total. The van der Waals surface area contributed by atoms with Crippen molar-refractivity contribution in [3.8, 4) is 0 Å². The molecule has 0 aliphatic carbocycles. The first-order chi connectivity index (χ1) is 7.79. The molecule has 1 aromatic heterocycles. The van der Waals surface area contributed by atoms with Crippen LogP contribution in [0.2, 0.25) is 0 Å². The third kappa shape index (κ3) is 3.63. The van der Waals surface area contributed by atoms with Crippen molar-refractivity contribution in [2.24, 2.45) is 0 Å². The maximum atomic E-state index is 4.37. The summed E-state index contributed by atoms with van der Waals surface area (Å²) in [6.45, 7) is 4.43. The van der Waals surface area contributed by atoms with Gasteiger partial charge in [-0.3, -0.25) is 14.9 Å². The molecule has 2 unspecified atom stereocenters. The van der Waals surface area contributed by atoms with Gasteiger partial charge in [0, 0.05) is 31.2 Å². The average Bonchev–Trinajstić information content (AvgIpc) is 2.39. The zero-order valence-corrected chi connectivity index (χ0v) is 11.3. The van der Waals surface area contributed by atoms with Gasteiger partial charge >= 0.3 is 0 Å². The lowest BCUT2D eigenvalue weighted by molar-refractivity contribution is 0.153. The monoisotopic (exact) mass is 256 g/mol. The first-order valence-corrected chi connectivity index (χ1v) is 5.97. The number of hydrogen-bond acceptors (Lipinski definition) is 4. The van der Waals surface area contributed by atoms with Gasteiger partial charge in [0.2, 0.25) is 0 Å². The summed E-state index contributed by atoms with van der Waals surface area (Å²) in [4.78, 5) is 10.9. The lowest BCUT2D eigenvalue weighted by Gasteiger charge is -2.35. The predicted octanol–water partition coefficient (Wildman–Crippen LogP) is 1.64. The van der Waals surface area contributed by atoms with Gasteiger partial charge in [-0.1, -0.05) is 0 Å². The van der Waals surface area contributed by atoms with Gasteiger partial charge in [-0.2, -0.15) is 0 Å². The second-order valence-electron chi connectivity index (χ2n) is 4.47. The van der Waals surface area contributed by atoms with Gasteiger partial charge in [-0.15, -0.1) is 12.4 Å². The Labute approximate surface area is 109 Å². The maximum Gasteiger partial charge on any atom is 0.0755 e. The number of halogens is 1. The van der Waals surface area contributed by atoms with Crippen LogP contribution in [0.1, 0.15) is 31.5 Å². The summed E-state index contributed by atoms with van der Waals surface area (Å²) < 4.78 is 0. The van der Waals surface area contributed by atoms with Crippen LogP contribution in [0.4, 0.5) is 0 Å². The number of hydrogen-bond donors (Lipinski definition) is 1. The highest BCUT2D eigenvalue weighted by Crippen LogP contribution is 2.20. The summed E-state index contributed by atoms with van der Waals surface area (Å²) >= 11 is 0. The first-order valence-electron chi connectivity index (χ1n) is 5.97. The van der Waals surface area contributed by atoms with Gasteiger partial charge in [0.25, 0.3) is 0 Å². The molecule has 0 radical (unpaired) electrons. The average molecular weight is 257 g/mol. The quantitative estimate of drug-likeness (QED) is 0.893. The maximum absolute atomic E-state index is 4.37. The van der Waals surface area contributed by atoms with Gasteiger partial charge in [0.15, 0.2) is 0 Å². The first kappa shape index (κ1) is 14.4. The van der Waals surface area contributed by atoms with E-state index in [0.717, 1.165) is 18.8 Å². The fourth-order valence-corrected chi connectivity index (χ4v) is 2.23. The van der Waals surface area contributed by atoms with Crippen molar-refractivity contribution < 1.29 is 0 Å². The van der Waals surface area contributed by atoms with E-state index in [-0.39, 0.29) is 12.4 Å². The van der Waals surface area contributed by atoms with Crippen molar-refractivity contribution in [2.45, 2.75) is 31.8 Å². The Kier molecular flexibility index (Phi) is 5.82. The van der Waals surface area contributed by atoms with Crippen molar-refractivity contribution in [2.75, 3.05) is 20.1 Å². The molecule has 1 saturated heterocycles. The van der Waals surface area contributed by atoms with Crippen LogP contribution in [0, 0.1) is 0 Å². The van der Waals surface area contributed by atoms with Gasteiger partial charge in [-0.25, -0.2) is 0 Å². The van der Waals surface area contributed by atoms with Crippen LogP contribution in [0.5, 0.6) is 0 Å². The van der Waals surface area contributed by atoms with Gasteiger partial charge in [-0.05, 0) is 33.4 Å². The fraction of sp³-hybridized carbons (Fsp3) is 0.667. The highest BCUT2D eigenvalue weighted by atomic mass is 35.5. The van der Waals surface area contributed by atoms with E-state index in [1.807, 2.05) is 6.20 Å². The summed E-state index contributed by atoms with van der Waals surface area (Å²) in [6.07, 6.45) is 7.88. The fourth-order valence-electron chi connectivity index (χ4n) is 2.23. The van der Waals surface area contributed by atoms with E-state index in [9.17, 15) is 0 Å². The lowest BCUT2D eigenvalue weighted by Crippen LogP contribution is -2.45. The molecule has 0 spiro atoms. The summed E-state index contributed by atoms with van der Waals surface area (Å²) in [5.74, 6) is 0. The van der Waals surface area contributed by atoms with Crippen molar-refractivity contribution >= 4 is 12.4 Å². The topological polar surface area (TPSA) is 41.1 Å². The molecule has 2 atom stereocenters. The van der Waals surface area contributed by atoms with Gasteiger partial charge < -0.3 is 5.32 Å². The summed E-state index contributed by atoms with van der Waals surface area (Å²) in [7, 11) is 2.18. The Morgan fingerprint density at radius 3 is 2.88 bits per heavy atom. The minimum Gasteiger partial charge on any atom is -0.315 e. The Morgan fingerprint density at radius 1 is 1.47 bits per heavy atom. The van der Waals surface area contributed by atoms with E-state index >= 15 is 0 Å². The second-order valence-corrected chi connectivity index (χ2v) is 4.47. The molecule has 96 valence electrons. The normalized spacial score (nSPS) is 21.9. The van der Waals surface area contributed by atoms with E-state index in [1.165, 1.54) is 12.8 Å².